The van der Waals surface area contributed by atoms with Crippen LogP contribution in [0.5, 0.6) is 11.5 Å². The minimum absolute atomic E-state index is 0.0519. The molecule has 0 aliphatic rings. The maximum Gasteiger partial charge on any atom is 0.335 e. The highest BCUT2D eigenvalue weighted by Crippen LogP contribution is 2.32. The Kier molecular flexibility index (Phi) is 5.66. The largest absolute Gasteiger partial charge is 0.478 e. The summed E-state index contributed by atoms with van der Waals surface area (Å²) in [6.07, 6.45) is 0. The van der Waals surface area contributed by atoms with Crippen molar-refractivity contribution in [2.24, 2.45) is 0 Å². The molecule has 0 aromatic heterocycles. The molecule has 0 unspecified atom stereocenters. The number of hydrogen-bond donors (Lipinski definition) is 2. The molecule has 0 saturated heterocycles. The predicted octanol–water partition coefficient (Wildman–Crippen LogP) is 4.88. The van der Waals surface area contributed by atoms with Crippen molar-refractivity contribution < 1.29 is 27.4 Å². The van der Waals surface area contributed by atoms with Crippen molar-refractivity contribution in [2.75, 3.05) is 4.72 Å². The number of carboxylic acids is 1. The van der Waals surface area contributed by atoms with Crippen LogP contribution in [-0.2, 0) is 10.0 Å². The molecular weight excluding hydrogens is 453 g/mol. The molecule has 0 saturated carbocycles. The van der Waals surface area contributed by atoms with E-state index in [-0.39, 0.29) is 21.9 Å². The van der Waals surface area contributed by atoms with E-state index in [0.717, 1.165) is 28.7 Å². The van der Waals surface area contributed by atoms with Gasteiger partial charge in [-0.15, -0.1) is 0 Å². The third kappa shape index (κ3) is 4.68. The molecule has 0 heterocycles. The van der Waals surface area contributed by atoms with Gasteiger partial charge in [-0.2, -0.15) is 0 Å². The zero-order chi connectivity index (χ0) is 20.3. The molecule has 144 valence electrons. The first-order valence-electron chi connectivity index (χ1n) is 7.84. The lowest BCUT2D eigenvalue weighted by Gasteiger charge is -2.14. The van der Waals surface area contributed by atoms with Gasteiger partial charge >= 0.3 is 5.97 Å². The fourth-order valence-electron chi connectivity index (χ4n) is 2.28. The number of rotatable bonds is 6. The van der Waals surface area contributed by atoms with Crippen LogP contribution in [-0.4, -0.2) is 19.5 Å². The number of nitrogens with one attached hydrogen (secondary N) is 1. The number of ether oxygens (including phenoxy) is 1. The Bertz CT molecular complexity index is 1120. The molecule has 0 radical (unpaired) electrons. The van der Waals surface area contributed by atoms with Crippen LogP contribution in [0.3, 0.4) is 0 Å². The zero-order valence-corrected chi connectivity index (χ0v) is 16.5. The number of benzene rings is 3. The van der Waals surface area contributed by atoms with Crippen molar-refractivity contribution >= 4 is 37.6 Å². The number of carbonyl (C=O) groups is 1. The Hall–Kier alpha value is -2.91. The van der Waals surface area contributed by atoms with Crippen LogP contribution in [0.25, 0.3) is 0 Å². The number of carboxylic acid groups (broad SMARTS) is 1. The van der Waals surface area contributed by atoms with Gasteiger partial charge in [-0.25, -0.2) is 17.6 Å². The average Bonchev–Trinajstić information content (AvgIpc) is 2.65. The molecule has 0 aliphatic heterocycles. The molecule has 0 amide bonds. The summed E-state index contributed by atoms with van der Waals surface area (Å²) in [5, 5.41) is 8.91. The molecule has 0 fully saturated rings. The molecule has 9 heteroatoms. The van der Waals surface area contributed by atoms with Gasteiger partial charge in [0.2, 0.25) is 0 Å². The highest BCUT2D eigenvalue weighted by Gasteiger charge is 2.18. The minimum atomic E-state index is -4.09. The molecule has 6 nitrogen and oxygen atoms in total. The zero-order valence-electron chi connectivity index (χ0n) is 14.1. The second-order valence-corrected chi connectivity index (χ2v) is 8.23. The lowest BCUT2D eigenvalue weighted by molar-refractivity contribution is 0.0696. The van der Waals surface area contributed by atoms with Crippen LogP contribution in [0.2, 0.25) is 0 Å². The second kappa shape index (κ2) is 7.99. The third-order valence-corrected chi connectivity index (χ3v) is 5.55. The van der Waals surface area contributed by atoms with Crippen LogP contribution in [0.4, 0.5) is 10.1 Å². The first-order valence-corrected chi connectivity index (χ1v) is 10.1. The van der Waals surface area contributed by atoms with Gasteiger partial charge in [0.25, 0.3) is 10.0 Å². The Morgan fingerprint density at radius 3 is 2.25 bits per heavy atom. The Labute approximate surface area is 168 Å². The Morgan fingerprint density at radius 2 is 1.64 bits per heavy atom. The molecular formula is C19H13BrFNO5S. The van der Waals surface area contributed by atoms with Crippen LogP contribution in [0.15, 0.2) is 76.1 Å². The first-order chi connectivity index (χ1) is 13.2. The molecule has 0 spiro atoms. The van der Waals surface area contributed by atoms with E-state index in [1.54, 1.807) is 24.3 Å². The molecule has 0 bridgehead atoms. The predicted molar refractivity (Wildman–Crippen MR) is 105 cm³/mol. The number of sulfonamides is 1. The third-order valence-electron chi connectivity index (χ3n) is 3.64. The second-order valence-electron chi connectivity index (χ2n) is 5.63. The van der Waals surface area contributed by atoms with E-state index in [9.17, 15) is 17.6 Å². The normalized spacial score (nSPS) is 11.1. The first kappa shape index (κ1) is 19.8. The highest BCUT2D eigenvalue weighted by molar-refractivity contribution is 9.10. The summed E-state index contributed by atoms with van der Waals surface area (Å²) in [4.78, 5) is 10.7. The monoisotopic (exact) mass is 465 g/mol. The summed E-state index contributed by atoms with van der Waals surface area (Å²) in [6, 6.07) is 14.9. The average molecular weight is 466 g/mol. The van der Waals surface area contributed by atoms with Crippen LogP contribution < -0.4 is 9.46 Å². The van der Waals surface area contributed by atoms with Gasteiger partial charge in [-0.3, -0.25) is 4.72 Å². The maximum absolute atomic E-state index is 13.7. The lowest BCUT2D eigenvalue weighted by Crippen LogP contribution is -2.14. The van der Waals surface area contributed by atoms with Crippen LogP contribution >= 0.6 is 15.9 Å². The fourth-order valence-corrected chi connectivity index (χ4v) is 3.61. The fraction of sp³-hybridized carbons (Fsp3) is 0. The molecule has 28 heavy (non-hydrogen) atoms. The van der Waals surface area contributed by atoms with Crippen molar-refractivity contribution in [3.05, 3.63) is 82.6 Å². The van der Waals surface area contributed by atoms with Gasteiger partial charge in [0.05, 0.1) is 16.1 Å². The van der Waals surface area contributed by atoms with Gasteiger partial charge in [-0.1, -0.05) is 15.9 Å². The van der Waals surface area contributed by atoms with E-state index in [0.29, 0.717) is 5.75 Å². The smallest absolute Gasteiger partial charge is 0.335 e. The number of hydrogen-bond acceptors (Lipinski definition) is 4. The van der Waals surface area contributed by atoms with E-state index in [2.05, 4.69) is 20.7 Å². The van der Waals surface area contributed by atoms with Crippen molar-refractivity contribution in [1.29, 1.82) is 0 Å². The van der Waals surface area contributed by atoms with Crippen LogP contribution in [0, 0.1) is 5.82 Å². The van der Waals surface area contributed by atoms with E-state index in [4.69, 9.17) is 9.84 Å². The summed E-state index contributed by atoms with van der Waals surface area (Å²) < 4.78 is 47.7. The van der Waals surface area contributed by atoms with E-state index >= 15 is 0 Å². The van der Waals surface area contributed by atoms with Crippen molar-refractivity contribution in [3.8, 4) is 11.5 Å². The van der Waals surface area contributed by atoms with E-state index in [1.807, 2.05) is 0 Å². The topological polar surface area (TPSA) is 92.7 Å². The summed E-state index contributed by atoms with van der Waals surface area (Å²) >= 11 is 3.30. The summed E-state index contributed by atoms with van der Waals surface area (Å²) in [6.45, 7) is 0. The lowest BCUT2D eigenvalue weighted by atomic mass is 10.2. The standard InChI is InChI=1S/C19H13BrFNO5S/c20-13-3-6-15(7-4-13)27-18-10-5-14(21)11-17(18)22-28(25,26)16-8-1-12(2-9-16)19(23)24/h1-11,22H,(H,23,24). The number of halogens is 2. The SMILES string of the molecule is O=C(O)c1ccc(S(=O)(=O)Nc2cc(F)ccc2Oc2ccc(Br)cc2)cc1. The van der Waals surface area contributed by atoms with Gasteiger partial charge < -0.3 is 9.84 Å². The summed E-state index contributed by atoms with van der Waals surface area (Å²) in [5.41, 5.74) is -0.144. The van der Waals surface area contributed by atoms with Gasteiger partial charge in [0, 0.05) is 10.5 Å². The van der Waals surface area contributed by atoms with Crippen molar-refractivity contribution in [2.45, 2.75) is 4.90 Å². The molecule has 2 N–H and O–H groups in total. The van der Waals surface area contributed by atoms with Crippen molar-refractivity contribution in [1.82, 2.24) is 0 Å². The molecule has 0 atom stereocenters. The quantitative estimate of drug-likeness (QED) is 0.540. The summed E-state index contributed by atoms with van der Waals surface area (Å²) in [5.74, 6) is -1.29. The molecule has 3 aromatic rings. The van der Waals surface area contributed by atoms with E-state index in [1.165, 1.54) is 18.2 Å². The van der Waals surface area contributed by atoms with Gasteiger partial charge in [0.1, 0.15) is 11.6 Å². The van der Waals surface area contributed by atoms with Gasteiger partial charge in [-0.05, 0) is 60.7 Å². The molecule has 3 aromatic carbocycles. The van der Waals surface area contributed by atoms with Crippen molar-refractivity contribution in [3.63, 3.8) is 0 Å². The van der Waals surface area contributed by atoms with E-state index < -0.39 is 21.8 Å². The molecule has 3 rings (SSSR count). The Balaban J connectivity index is 1.91. The number of aromatic carboxylic acids is 1. The number of anilines is 1. The summed E-state index contributed by atoms with van der Waals surface area (Å²) in [7, 11) is -4.09. The minimum Gasteiger partial charge on any atom is -0.478 e. The Morgan fingerprint density at radius 1 is 1.00 bits per heavy atom. The van der Waals surface area contributed by atoms with Gasteiger partial charge in [0.15, 0.2) is 5.75 Å². The maximum atomic E-state index is 13.7. The highest BCUT2D eigenvalue weighted by atomic mass is 79.9. The van der Waals surface area contributed by atoms with Crippen LogP contribution in [0.1, 0.15) is 10.4 Å². The molecule has 0 aliphatic carbocycles.